The van der Waals surface area contributed by atoms with Gasteiger partial charge in [-0.3, -0.25) is 4.68 Å². The van der Waals surface area contributed by atoms with Gasteiger partial charge in [0, 0.05) is 12.8 Å². The van der Waals surface area contributed by atoms with Gasteiger partial charge < -0.3 is 17.7 Å². The van der Waals surface area contributed by atoms with Crippen molar-refractivity contribution in [1.29, 1.82) is 0 Å². The predicted octanol–water partition coefficient (Wildman–Crippen LogP) is -1.05. The van der Waals surface area contributed by atoms with Crippen molar-refractivity contribution in [2.24, 2.45) is 0 Å². The number of hydrogen-bond acceptors (Lipinski definition) is 2. The molecule has 17 heavy (non-hydrogen) atoms. The van der Waals surface area contributed by atoms with Crippen molar-refractivity contribution in [1.82, 2.24) is 9.78 Å². The smallest absolute Gasteiger partial charge is 0.444 e. The Labute approximate surface area is 141 Å². The van der Waals surface area contributed by atoms with Crippen LogP contribution in [0.4, 0.5) is 12.9 Å². The third-order valence-corrected chi connectivity index (χ3v) is 2.77. The van der Waals surface area contributed by atoms with Crippen LogP contribution in [-0.4, -0.2) is 23.4 Å². The summed E-state index contributed by atoms with van der Waals surface area (Å²) in [7, 11) is 0. The minimum absolute atomic E-state index is 0. The van der Waals surface area contributed by atoms with E-state index in [4.69, 9.17) is 4.74 Å². The number of aryl methyl sites for hydroxylation is 1. The predicted molar refractivity (Wildman–Crippen MR) is 54.5 cm³/mol. The van der Waals surface area contributed by atoms with Crippen molar-refractivity contribution in [2.45, 2.75) is 32.4 Å². The normalized spacial score (nSPS) is 21.1. The molecule has 0 radical (unpaired) electrons. The number of halogens is 3. The summed E-state index contributed by atoms with van der Waals surface area (Å²) in [6.07, 6.45) is 3.08. The fourth-order valence-electron chi connectivity index (χ4n) is 2.01. The second kappa shape index (κ2) is 6.21. The van der Waals surface area contributed by atoms with E-state index < -0.39 is 18.8 Å². The molecule has 0 amide bonds. The maximum Gasteiger partial charge on any atom is 1.00 e. The molecule has 0 N–H and O–H groups in total. The fourth-order valence-corrected chi connectivity index (χ4v) is 2.01. The zero-order valence-electron chi connectivity index (χ0n) is 10.00. The van der Waals surface area contributed by atoms with Gasteiger partial charge >= 0.3 is 58.4 Å². The largest absolute Gasteiger partial charge is 1.00 e. The molecular weight excluding hydrogens is 259 g/mol. The molecule has 2 heterocycles. The molecule has 0 bridgehead atoms. The Morgan fingerprint density at radius 1 is 1.41 bits per heavy atom. The van der Waals surface area contributed by atoms with Crippen LogP contribution >= 0.6 is 0 Å². The molecule has 1 aromatic heterocycles. The molecular formula is C9H13BF3KN2O. The third kappa shape index (κ3) is 3.57. The van der Waals surface area contributed by atoms with Crippen molar-refractivity contribution in [3.8, 4) is 0 Å². The Hall–Kier alpha value is 0.661. The minimum atomic E-state index is -5.03. The molecule has 1 aliphatic heterocycles. The molecule has 0 aromatic carbocycles. The molecule has 90 valence electrons. The van der Waals surface area contributed by atoms with E-state index in [1.165, 1.54) is 13.1 Å². The van der Waals surface area contributed by atoms with Gasteiger partial charge in [-0.05, 0) is 37.3 Å². The zero-order chi connectivity index (χ0) is 11.8. The van der Waals surface area contributed by atoms with E-state index >= 15 is 0 Å². The van der Waals surface area contributed by atoms with Crippen LogP contribution in [0.25, 0.3) is 0 Å². The van der Waals surface area contributed by atoms with Crippen molar-refractivity contribution in [3.63, 3.8) is 0 Å². The van der Waals surface area contributed by atoms with E-state index in [2.05, 4.69) is 5.10 Å². The van der Waals surface area contributed by atoms with Gasteiger partial charge in [-0.1, -0.05) is 0 Å². The van der Waals surface area contributed by atoms with Gasteiger partial charge in [0.1, 0.15) is 6.23 Å². The van der Waals surface area contributed by atoms with E-state index in [1.807, 2.05) is 0 Å². The Morgan fingerprint density at radius 3 is 2.65 bits per heavy atom. The van der Waals surface area contributed by atoms with Crippen LogP contribution in [-0.2, 0) is 4.74 Å². The SMILES string of the molecule is Cc1cnn(C2CCCCO2)c1[B-](F)(F)F.[K+]. The van der Waals surface area contributed by atoms with E-state index in [1.54, 1.807) is 0 Å². The maximum atomic E-state index is 12.8. The molecule has 1 fully saturated rings. The van der Waals surface area contributed by atoms with Crippen molar-refractivity contribution < 1.29 is 69.1 Å². The summed E-state index contributed by atoms with van der Waals surface area (Å²) in [4.78, 5) is 0. The first-order chi connectivity index (χ1) is 7.50. The van der Waals surface area contributed by atoms with Crippen LogP contribution in [0.15, 0.2) is 6.20 Å². The molecule has 8 heteroatoms. The van der Waals surface area contributed by atoms with Gasteiger partial charge in [0.25, 0.3) is 0 Å². The first kappa shape index (κ1) is 15.7. The second-order valence-corrected chi connectivity index (χ2v) is 4.05. The standard InChI is InChI=1S/C9H13BF3N2O.K/c1-7-6-14-15(9(7)10(11,12)13)8-4-2-3-5-16-8;/h6,8H,2-5H2,1H3;/q-1;+1. The zero-order valence-corrected chi connectivity index (χ0v) is 13.1. The van der Waals surface area contributed by atoms with Crippen molar-refractivity contribution in [3.05, 3.63) is 11.8 Å². The summed E-state index contributed by atoms with van der Waals surface area (Å²) in [5.74, 6) is 0. The summed E-state index contributed by atoms with van der Waals surface area (Å²) in [5, 5.41) is 3.79. The second-order valence-electron chi connectivity index (χ2n) is 4.05. The quantitative estimate of drug-likeness (QED) is 0.642. The Balaban J connectivity index is 0.00000144. The van der Waals surface area contributed by atoms with Crippen LogP contribution < -0.4 is 57.0 Å². The molecule has 1 unspecified atom stereocenters. The maximum absolute atomic E-state index is 12.8. The van der Waals surface area contributed by atoms with Gasteiger partial charge in [-0.25, -0.2) is 0 Å². The van der Waals surface area contributed by atoms with Crippen LogP contribution in [0, 0.1) is 6.92 Å². The van der Waals surface area contributed by atoms with Crippen molar-refractivity contribution >= 4 is 12.6 Å². The number of rotatable bonds is 2. The van der Waals surface area contributed by atoms with Crippen LogP contribution in [0.2, 0.25) is 0 Å². The molecule has 0 spiro atoms. The average molecular weight is 272 g/mol. The van der Waals surface area contributed by atoms with Crippen LogP contribution in [0.3, 0.4) is 0 Å². The molecule has 1 aliphatic rings. The topological polar surface area (TPSA) is 27.1 Å². The monoisotopic (exact) mass is 272 g/mol. The number of aromatic nitrogens is 2. The van der Waals surface area contributed by atoms with E-state index in [0.29, 0.717) is 13.0 Å². The Bertz CT molecular complexity index is 377. The molecule has 3 nitrogen and oxygen atoms in total. The molecule has 1 aromatic rings. The summed E-state index contributed by atoms with van der Waals surface area (Å²) >= 11 is 0. The van der Waals surface area contributed by atoms with Gasteiger partial charge in [-0.15, -0.1) is 0 Å². The molecule has 2 rings (SSSR count). The molecule has 1 atom stereocenters. The number of ether oxygens (including phenoxy) is 1. The first-order valence-corrected chi connectivity index (χ1v) is 5.35. The average Bonchev–Trinajstić information content (AvgIpc) is 2.61. The Morgan fingerprint density at radius 2 is 2.12 bits per heavy atom. The van der Waals surface area contributed by atoms with E-state index in [9.17, 15) is 12.9 Å². The third-order valence-electron chi connectivity index (χ3n) is 2.77. The van der Waals surface area contributed by atoms with E-state index in [-0.39, 0.29) is 56.9 Å². The van der Waals surface area contributed by atoms with Gasteiger partial charge in [0.05, 0.1) is 0 Å². The molecule has 0 saturated carbocycles. The Kier molecular flexibility index (Phi) is 5.74. The fraction of sp³-hybridized carbons (Fsp3) is 0.667. The van der Waals surface area contributed by atoms with Gasteiger partial charge in [0.15, 0.2) is 0 Å². The summed E-state index contributed by atoms with van der Waals surface area (Å²) in [6, 6.07) is 0. The minimum Gasteiger partial charge on any atom is -0.444 e. The van der Waals surface area contributed by atoms with Gasteiger partial charge in [-0.2, -0.15) is 5.10 Å². The van der Waals surface area contributed by atoms with Crippen LogP contribution in [0.5, 0.6) is 0 Å². The van der Waals surface area contributed by atoms with Crippen molar-refractivity contribution in [2.75, 3.05) is 6.61 Å². The summed E-state index contributed by atoms with van der Waals surface area (Å²) in [5.41, 5.74) is -0.464. The number of hydrogen-bond donors (Lipinski definition) is 0. The van der Waals surface area contributed by atoms with Crippen LogP contribution in [0.1, 0.15) is 31.1 Å². The van der Waals surface area contributed by atoms with E-state index in [0.717, 1.165) is 17.5 Å². The summed E-state index contributed by atoms with van der Waals surface area (Å²) < 4.78 is 44.8. The summed E-state index contributed by atoms with van der Waals surface area (Å²) in [6.45, 7) is -3.10. The first-order valence-electron chi connectivity index (χ1n) is 5.35. The molecule has 0 aliphatic carbocycles. The molecule has 1 saturated heterocycles. The number of nitrogens with zero attached hydrogens (tertiary/aromatic N) is 2. The van der Waals surface area contributed by atoms with Gasteiger partial charge in [0.2, 0.25) is 0 Å².